The van der Waals surface area contributed by atoms with Crippen molar-refractivity contribution in [3.8, 4) is 113 Å². The molecular formula is C103H74BrFN8Zn2. The molecule has 12 heteroatoms. The zero-order valence-electron chi connectivity index (χ0n) is 66.8. The van der Waals surface area contributed by atoms with E-state index >= 15 is 4.39 Å². The minimum Gasteiger partial charge on any atom is -0.657 e. The van der Waals surface area contributed by atoms with Crippen LogP contribution >= 0.6 is 15.9 Å². The summed E-state index contributed by atoms with van der Waals surface area (Å²) in [6, 6.07) is 66.4. The van der Waals surface area contributed by atoms with Crippen molar-refractivity contribution in [2.24, 2.45) is 0 Å². The van der Waals surface area contributed by atoms with Gasteiger partial charge in [-0.15, -0.1) is 50.5 Å². The third kappa shape index (κ3) is 14.2. The Labute approximate surface area is 704 Å². The number of fused-ring (bicyclic) bond motifs is 16. The molecular weight excluding hydrogens is 1580 g/mol. The van der Waals surface area contributed by atoms with Gasteiger partial charge in [0.15, 0.2) is 0 Å². The van der Waals surface area contributed by atoms with Crippen LogP contribution < -0.4 is 19.9 Å². The molecule has 0 atom stereocenters. The summed E-state index contributed by atoms with van der Waals surface area (Å²) in [5.41, 5.74) is 39.9. The van der Waals surface area contributed by atoms with Gasteiger partial charge in [-0.25, -0.2) is 24.3 Å². The summed E-state index contributed by atoms with van der Waals surface area (Å²) in [4.78, 5) is 44.5. The fourth-order valence-corrected chi connectivity index (χ4v) is 17.5. The van der Waals surface area contributed by atoms with Gasteiger partial charge in [0.25, 0.3) is 0 Å². The SMILES string of the molecule is [3H]C#Cc1ccc(-c2c3nc(c(-c4c(C)cc(C)cc4F)c4ccc([n-]4)c(-c4ccc(C#Cc5ccc(-c6c7nc(c(-c8c(C)cc(C)cc8C)c8ccc([n-]8)c(-c8ccc(Br)cc8)c8nc(c(-c9c(C)cc(C)cc9C)c9ccc6[n-]9)C=C8)C=C7)cc5)cc4)c4nc(c(-c5c(C)cc(C)cc5C)c5ccc2[n-]5)C=C4)C=C3)cc1.[Zn+2].[Zn+2]. The van der Waals surface area contributed by atoms with Gasteiger partial charge in [0.2, 0.25) is 0 Å². The molecule has 0 N–H and O–H groups in total. The number of benzene rings is 8. The third-order valence-electron chi connectivity index (χ3n) is 21.8. The normalized spacial score (nSPS) is 11.9. The van der Waals surface area contributed by atoms with Crippen molar-refractivity contribution in [1.82, 2.24) is 39.9 Å². The number of rotatable bonds is 8. The topological polar surface area (TPSA) is 108 Å². The van der Waals surface area contributed by atoms with Crippen molar-refractivity contribution in [3.63, 3.8) is 0 Å². The van der Waals surface area contributed by atoms with Crippen LogP contribution in [0.2, 0.25) is 0 Å². The van der Waals surface area contributed by atoms with Crippen LogP contribution in [-0.2, 0) is 39.0 Å². The Morgan fingerprint density at radius 3 is 0.757 bits per heavy atom. The molecule has 6 aromatic heterocycles. The van der Waals surface area contributed by atoms with Gasteiger partial charge in [-0.2, -0.15) is 0 Å². The van der Waals surface area contributed by atoms with E-state index in [0.29, 0.717) is 50.3 Å². The van der Waals surface area contributed by atoms with Gasteiger partial charge in [-0.05, 0) is 307 Å². The van der Waals surface area contributed by atoms with E-state index in [-0.39, 0.29) is 44.8 Å². The fraction of sp³-hybridized carbons (Fsp3) is 0.107. The van der Waals surface area contributed by atoms with Gasteiger partial charge in [-0.3, -0.25) is 0 Å². The van der Waals surface area contributed by atoms with Crippen LogP contribution in [0.15, 0.2) is 199 Å². The molecule has 0 unspecified atom stereocenters. The molecule has 8 nitrogen and oxygen atoms in total. The second kappa shape index (κ2) is 30.9. The van der Waals surface area contributed by atoms with Crippen molar-refractivity contribution >= 4 is 109 Å². The maximum atomic E-state index is 17.0. The smallest absolute Gasteiger partial charge is 0.657 e. The average Bonchev–Trinajstić information content (AvgIpc) is 1.61. The van der Waals surface area contributed by atoms with Crippen molar-refractivity contribution in [3.05, 3.63) is 328 Å². The second-order valence-electron chi connectivity index (χ2n) is 30.1. The van der Waals surface area contributed by atoms with E-state index in [0.717, 1.165) is 200 Å². The summed E-state index contributed by atoms with van der Waals surface area (Å²) < 4.78 is 25.6. The molecule has 115 heavy (non-hydrogen) atoms. The minimum atomic E-state index is -0.369. The van der Waals surface area contributed by atoms with Crippen molar-refractivity contribution < 1.29 is 44.7 Å². The molecule has 0 fully saturated rings. The number of aromatic nitrogens is 8. The molecule has 14 aromatic rings. The third-order valence-corrected chi connectivity index (χ3v) is 22.4. The number of terminal acetylenes is 1. The first-order valence-electron chi connectivity index (χ1n) is 38.4. The number of halogens is 2. The van der Waals surface area contributed by atoms with Gasteiger partial charge in [0, 0.05) is 26.7 Å². The molecule has 16 bridgehead atoms. The van der Waals surface area contributed by atoms with Gasteiger partial charge < -0.3 is 19.9 Å². The van der Waals surface area contributed by atoms with E-state index < -0.39 is 0 Å². The molecule has 4 aliphatic rings. The predicted octanol–water partition coefficient (Wildman–Crippen LogP) is 25.1. The Hall–Kier alpha value is -12.3. The largest absolute Gasteiger partial charge is 2.00 e. The second-order valence-corrected chi connectivity index (χ2v) is 31.0. The summed E-state index contributed by atoms with van der Waals surface area (Å²) in [6.07, 6.45) is 18.9. The van der Waals surface area contributed by atoms with Gasteiger partial charge >= 0.3 is 39.0 Å². The Kier molecular flexibility index (Phi) is 20.3. The predicted molar refractivity (Wildman–Crippen MR) is 471 cm³/mol. The monoisotopic (exact) mass is 1650 g/mol. The molecule has 10 heterocycles. The average molecular weight is 1660 g/mol. The molecule has 0 saturated carbocycles. The van der Waals surface area contributed by atoms with E-state index in [9.17, 15) is 0 Å². The van der Waals surface area contributed by atoms with Gasteiger partial charge in [0.05, 0.1) is 45.6 Å². The van der Waals surface area contributed by atoms with Crippen molar-refractivity contribution in [1.29, 1.82) is 0 Å². The summed E-state index contributed by atoms with van der Waals surface area (Å²) >= 11 is 3.70. The number of nitrogens with zero attached hydrogens (tertiary/aromatic N) is 8. The first-order valence-corrected chi connectivity index (χ1v) is 38.7. The maximum absolute atomic E-state index is 17.0. The first-order chi connectivity index (χ1) is 55.2. The molecule has 0 amide bonds. The van der Waals surface area contributed by atoms with Crippen LogP contribution in [0.5, 0.6) is 0 Å². The Bertz CT molecular complexity index is 6900. The van der Waals surface area contributed by atoms with Crippen molar-refractivity contribution in [2.45, 2.75) is 76.2 Å². The summed E-state index contributed by atoms with van der Waals surface area (Å²) in [5.74, 6) is 9.52. The zero-order chi connectivity index (χ0) is 78.5. The van der Waals surface area contributed by atoms with Crippen LogP contribution in [-0.4, -0.2) is 19.9 Å². The number of hydrogen-bond acceptors (Lipinski definition) is 4. The Balaban J connectivity index is 0.00000505. The van der Waals surface area contributed by atoms with Crippen LogP contribution in [0.3, 0.4) is 0 Å². The molecule has 4 aliphatic heterocycles. The van der Waals surface area contributed by atoms with E-state index in [1.54, 1.807) is 6.07 Å². The van der Waals surface area contributed by atoms with Crippen LogP contribution in [0, 0.1) is 106 Å². The van der Waals surface area contributed by atoms with E-state index in [4.69, 9.17) is 41.2 Å². The van der Waals surface area contributed by atoms with E-state index in [2.05, 4.69) is 266 Å². The zero-order valence-corrected chi connectivity index (χ0v) is 73.4. The molecule has 0 radical (unpaired) electrons. The molecule has 8 aromatic carbocycles. The molecule has 18 rings (SSSR count). The van der Waals surface area contributed by atoms with Gasteiger partial charge in [-0.1, -0.05) is 190 Å². The quantitative estimate of drug-likeness (QED) is 0.109. The fourth-order valence-electron chi connectivity index (χ4n) is 17.3. The van der Waals surface area contributed by atoms with E-state index in [1.165, 1.54) is 11.1 Å². The summed E-state index contributed by atoms with van der Waals surface area (Å²) in [6.45, 7) is 23.3. The number of hydrogen-bond donors (Lipinski definition) is 0. The first kappa shape index (κ1) is 75.4. The molecule has 0 aliphatic carbocycles. The molecule has 0 saturated heterocycles. The molecule has 544 valence electrons. The minimum absolute atomic E-state index is 0. The summed E-state index contributed by atoms with van der Waals surface area (Å²) in [5, 5.41) is 0. The Morgan fingerprint density at radius 2 is 0.496 bits per heavy atom. The van der Waals surface area contributed by atoms with E-state index in [1.807, 2.05) is 86.7 Å². The van der Waals surface area contributed by atoms with Crippen molar-refractivity contribution in [2.75, 3.05) is 0 Å². The standard InChI is InChI=1S/C103H74BrFN8.2Zn/c1-13-67-16-22-70(23-17-67)96-76-32-40-84(106-76)100(92-60(6)48-56(2)49-61(92)7)85-43-35-79(109-85)98(81-39-47-91(113-81)103(90-46-38-80(96)112-90)95-66(12)54-59(5)55-75(95)105)72-26-20-69(21-27-72)15-14-68-18-24-71(25-19-68)97-77-33-41-86(107-77)101(93-62(8)50-57(3)51-63(93)9)88-44-36-82(110-88)99(73-28-30-74(104)31-29-73)83-37-45-89(111-83)102(87-42-34-78(97)108-87)94-64(10)52-58(4)53-65(94)11;;/h1,16-55H,2-12H3;;/q-4;2*+2/i1T;;. The summed E-state index contributed by atoms with van der Waals surface area (Å²) in [7, 11) is 0. The Morgan fingerprint density at radius 1 is 0.278 bits per heavy atom. The van der Waals surface area contributed by atoms with Crippen LogP contribution in [0.25, 0.3) is 182 Å². The molecule has 0 spiro atoms. The van der Waals surface area contributed by atoms with Crippen LogP contribution in [0.4, 0.5) is 4.39 Å². The van der Waals surface area contributed by atoms with Gasteiger partial charge in [0.1, 0.15) is 7.19 Å². The number of aryl methyl sites for hydroxylation is 11. The maximum Gasteiger partial charge on any atom is 2.00 e. The van der Waals surface area contributed by atoms with Crippen LogP contribution in [0.1, 0.15) is 125 Å².